The van der Waals surface area contributed by atoms with Crippen molar-refractivity contribution >= 4 is 17.5 Å². The summed E-state index contributed by atoms with van der Waals surface area (Å²) in [6.45, 7) is 11.5. The number of ether oxygens (including phenoxy) is 3. The first-order valence-corrected chi connectivity index (χ1v) is 20.7. The normalized spacial score (nSPS) is 17.3. The van der Waals surface area contributed by atoms with Crippen LogP contribution in [0.2, 0.25) is 5.02 Å². The molecule has 10 heteroatoms. The molecule has 1 N–H and O–H groups in total. The maximum Gasteiger partial charge on any atom is 0.220 e. The fourth-order valence-corrected chi connectivity index (χ4v) is 8.74. The first-order valence-electron chi connectivity index (χ1n) is 20.3. The van der Waals surface area contributed by atoms with Crippen molar-refractivity contribution in [2.75, 3.05) is 39.3 Å². The van der Waals surface area contributed by atoms with Gasteiger partial charge in [-0.25, -0.2) is 0 Å². The van der Waals surface area contributed by atoms with Gasteiger partial charge in [-0.05, 0) is 118 Å². The number of rotatable bonds is 14. The van der Waals surface area contributed by atoms with E-state index in [9.17, 15) is 10.1 Å². The van der Waals surface area contributed by atoms with Crippen LogP contribution < -0.4 is 19.5 Å². The summed E-state index contributed by atoms with van der Waals surface area (Å²) in [6, 6.07) is 20.5. The number of halogens is 1. The molecule has 56 heavy (non-hydrogen) atoms. The van der Waals surface area contributed by atoms with Gasteiger partial charge >= 0.3 is 0 Å². The first kappa shape index (κ1) is 39.6. The quantitative estimate of drug-likeness (QED) is 0.127. The lowest BCUT2D eigenvalue weighted by Crippen LogP contribution is -2.57. The number of piperidine rings is 3. The highest BCUT2D eigenvalue weighted by Crippen LogP contribution is 2.37. The van der Waals surface area contributed by atoms with E-state index in [4.69, 9.17) is 25.8 Å². The zero-order chi connectivity index (χ0) is 38.9. The highest BCUT2D eigenvalue weighted by atomic mass is 35.5. The van der Waals surface area contributed by atoms with Gasteiger partial charge in [0, 0.05) is 67.7 Å². The molecule has 294 valence electrons. The summed E-state index contributed by atoms with van der Waals surface area (Å²) in [5.74, 6) is 2.41. The predicted molar refractivity (Wildman–Crippen MR) is 220 cm³/mol. The molecule has 1 spiro atoms. The first-order chi connectivity index (χ1) is 27.3. The number of nitriles is 1. The summed E-state index contributed by atoms with van der Waals surface area (Å²) in [6.07, 6.45) is 12.7. The van der Waals surface area contributed by atoms with E-state index in [2.05, 4.69) is 76.4 Å². The lowest BCUT2D eigenvalue weighted by atomic mass is 9.80. The second-order valence-corrected chi connectivity index (χ2v) is 16.1. The number of hydrogen-bond donors (Lipinski definition) is 1. The van der Waals surface area contributed by atoms with Crippen molar-refractivity contribution in [2.24, 2.45) is 0 Å². The number of nitrogens with one attached hydrogen (secondary N) is 1. The molecule has 0 radical (unpaired) electrons. The van der Waals surface area contributed by atoms with Crippen LogP contribution in [0.4, 0.5) is 0 Å². The molecule has 0 unspecified atom stereocenters. The lowest BCUT2D eigenvalue weighted by molar-refractivity contribution is -0.126. The maximum atomic E-state index is 12.0. The third kappa shape index (κ3) is 9.84. The molecule has 7 rings (SSSR count). The number of carbonyl (C=O) groups excluding carboxylic acids is 1. The van der Waals surface area contributed by atoms with Crippen LogP contribution in [0.15, 0.2) is 67.0 Å². The summed E-state index contributed by atoms with van der Waals surface area (Å²) in [5.41, 5.74) is 7.98. The SMILES string of the molecule is Cc1c(COc2cc(OCc3cncc(C#N)c3)c(CN3CCCCC3)cc2Cl)cccc1-c1cccc(OCCCN2CCC3(CCCC(=O)N3)CC2)c1C. The molecule has 1 amide bonds. The summed E-state index contributed by atoms with van der Waals surface area (Å²) in [5, 5.41) is 13.2. The fraction of sp³-hybridized carbons (Fsp3) is 0.457. The highest BCUT2D eigenvalue weighted by Gasteiger charge is 2.37. The van der Waals surface area contributed by atoms with E-state index in [1.165, 1.54) is 19.3 Å². The van der Waals surface area contributed by atoms with Gasteiger partial charge in [-0.3, -0.25) is 14.7 Å². The second kappa shape index (κ2) is 18.5. The molecule has 3 aliphatic heterocycles. The Morgan fingerprint density at radius 3 is 2.36 bits per heavy atom. The Morgan fingerprint density at radius 1 is 0.804 bits per heavy atom. The van der Waals surface area contributed by atoms with Gasteiger partial charge in [0.15, 0.2) is 0 Å². The topological polar surface area (TPSA) is 99.9 Å². The minimum absolute atomic E-state index is 0.0252. The largest absolute Gasteiger partial charge is 0.493 e. The zero-order valence-corrected chi connectivity index (χ0v) is 33.6. The van der Waals surface area contributed by atoms with Gasteiger partial charge in [0.1, 0.15) is 36.5 Å². The van der Waals surface area contributed by atoms with Crippen LogP contribution in [0.25, 0.3) is 11.1 Å². The molecule has 3 saturated heterocycles. The average molecular weight is 776 g/mol. The van der Waals surface area contributed by atoms with Crippen LogP contribution in [0.3, 0.4) is 0 Å². The van der Waals surface area contributed by atoms with E-state index in [1.54, 1.807) is 18.5 Å². The van der Waals surface area contributed by atoms with Crippen molar-refractivity contribution in [2.45, 2.75) is 96.9 Å². The highest BCUT2D eigenvalue weighted by molar-refractivity contribution is 6.32. The van der Waals surface area contributed by atoms with Gasteiger partial charge in [0.05, 0.1) is 17.2 Å². The number of amides is 1. The Hall–Kier alpha value is -4.62. The molecule has 0 aliphatic carbocycles. The number of hydrogen-bond acceptors (Lipinski definition) is 8. The molecule has 0 bridgehead atoms. The Bertz CT molecular complexity index is 2030. The molecule has 9 nitrogen and oxygen atoms in total. The van der Waals surface area contributed by atoms with E-state index in [0.717, 1.165) is 116 Å². The fourth-order valence-electron chi connectivity index (χ4n) is 8.50. The summed E-state index contributed by atoms with van der Waals surface area (Å²) < 4.78 is 19.2. The molecule has 4 aromatic rings. The van der Waals surface area contributed by atoms with Crippen molar-refractivity contribution in [3.63, 3.8) is 0 Å². The number of aromatic nitrogens is 1. The Balaban J connectivity index is 0.988. The van der Waals surface area contributed by atoms with E-state index >= 15 is 0 Å². The summed E-state index contributed by atoms with van der Waals surface area (Å²) in [7, 11) is 0. The maximum absolute atomic E-state index is 12.0. The standard InChI is InChI=1S/C46H54ClN5O4/c1-33-37(32-56-44-26-43(55-31-36-24-35(27-48)28-49-29-36)38(25-41(44)47)30-52-18-4-3-5-19-52)10-6-11-39(33)40-12-7-13-42(34(40)2)54-23-9-20-51-21-16-46(17-22-51)15-8-14-45(53)50-46/h6-7,10-13,24-26,28-29H,3-5,8-9,14-23,30-32H2,1-2H3,(H,50,53). The van der Waals surface area contributed by atoms with E-state index in [-0.39, 0.29) is 18.1 Å². The number of nitrogens with zero attached hydrogens (tertiary/aromatic N) is 4. The molecule has 0 saturated carbocycles. The second-order valence-electron chi connectivity index (χ2n) is 15.7. The third-order valence-corrected chi connectivity index (χ3v) is 12.1. The number of benzene rings is 3. The van der Waals surface area contributed by atoms with E-state index < -0.39 is 0 Å². The molecule has 0 atom stereocenters. The number of likely N-dealkylation sites (tertiary alicyclic amines) is 2. The van der Waals surface area contributed by atoms with Crippen LogP contribution in [0.5, 0.6) is 17.2 Å². The van der Waals surface area contributed by atoms with Gasteiger partial charge in [0.25, 0.3) is 0 Å². The molecule has 1 aromatic heterocycles. The monoisotopic (exact) mass is 775 g/mol. The van der Waals surface area contributed by atoms with Crippen molar-refractivity contribution in [1.29, 1.82) is 5.26 Å². The van der Waals surface area contributed by atoms with Crippen molar-refractivity contribution < 1.29 is 19.0 Å². The van der Waals surface area contributed by atoms with Crippen molar-refractivity contribution in [3.8, 4) is 34.4 Å². The molecule has 3 aliphatic rings. The van der Waals surface area contributed by atoms with Gasteiger partial charge in [-0.2, -0.15) is 5.26 Å². The number of carbonyl (C=O) groups is 1. The third-order valence-electron chi connectivity index (χ3n) is 11.8. The number of pyridine rings is 1. The van der Waals surface area contributed by atoms with E-state index in [1.807, 2.05) is 12.1 Å². The van der Waals surface area contributed by atoms with Crippen LogP contribution in [0.1, 0.15) is 91.2 Å². The molecule has 3 aromatic carbocycles. The van der Waals surface area contributed by atoms with Gasteiger partial charge in [0.2, 0.25) is 5.91 Å². The van der Waals surface area contributed by atoms with Crippen LogP contribution in [0, 0.1) is 25.2 Å². The molecular formula is C46H54ClN5O4. The molecule has 3 fully saturated rings. The molecule has 4 heterocycles. The Kier molecular flexibility index (Phi) is 13.1. The van der Waals surface area contributed by atoms with Gasteiger partial charge in [-0.1, -0.05) is 48.4 Å². The minimum atomic E-state index is 0.0252. The smallest absolute Gasteiger partial charge is 0.220 e. The lowest BCUT2D eigenvalue weighted by Gasteiger charge is -2.44. The van der Waals surface area contributed by atoms with Crippen LogP contribution in [-0.2, 0) is 24.6 Å². The van der Waals surface area contributed by atoms with Crippen molar-refractivity contribution in [1.82, 2.24) is 20.1 Å². The zero-order valence-electron chi connectivity index (χ0n) is 32.9. The van der Waals surface area contributed by atoms with Gasteiger partial charge in [-0.15, -0.1) is 0 Å². The van der Waals surface area contributed by atoms with E-state index in [0.29, 0.717) is 41.7 Å². The average Bonchev–Trinajstić information content (AvgIpc) is 3.21. The molecular weight excluding hydrogens is 722 g/mol. The minimum Gasteiger partial charge on any atom is -0.493 e. The Labute approximate surface area is 336 Å². The summed E-state index contributed by atoms with van der Waals surface area (Å²) in [4.78, 5) is 21.2. The Morgan fingerprint density at radius 2 is 1.57 bits per heavy atom. The van der Waals surface area contributed by atoms with Crippen LogP contribution >= 0.6 is 11.6 Å². The predicted octanol–water partition coefficient (Wildman–Crippen LogP) is 8.94. The summed E-state index contributed by atoms with van der Waals surface area (Å²) >= 11 is 6.90. The van der Waals surface area contributed by atoms with Crippen molar-refractivity contribution in [3.05, 3.63) is 105 Å². The van der Waals surface area contributed by atoms with Gasteiger partial charge < -0.3 is 24.4 Å². The van der Waals surface area contributed by atoms with Crippen LogP contribution in [-0.4, -0.2) is 65.6 Å².